The molecule has 0 atom stereocenters. The quantitative estimate of drug-likeness (QED) is 0.851. The van der Waals surface area contributed by atoms with Gasteiger partial charge in [0.25, 0.3) is 0 Å². The summed E-state index contributed by atoms with van der Waals surface area (Å²) >= 11 is 1.49. The first-order chi connectivity index (χ1) is 9.51. The van der Waals surface area contributed by atoms with Gasteiger partial charge in [0.2, 0.25) is 10.0 Å². The van der Waals surface area contributed by atoms with E-state index in [-0.39, 0.29) is 11.4 Å². The van der Waals surface area contributed by atoms with Crippen LogP contribution in [0.25, 0.3) is 0 Å². The Morgan fingerprint density at radius 2 is 1.90 bits per heavy atom. The van der Waals surface area contributed by atoms with Crippen molar-refractivity contribution in [3.05, 3.63) is 45.9 Å². The molecule has 1 aromatic heterocycles. The van der Waals surface area contributed by atoms with Gasteiger partial charge in [-0.15, -0.1) is 11.3 Å². The first kappa shape index (κ1) is 15.1. The monoisotopic (exact) mass is 311 g/mol. The van der Waals surface area contributed by atoms with Gasteiger partial charge in [0, 0.05) is 24.2 Å². The summed E-state index contributed by atoms with van der Waals surface area (Å²) in [6, 6.07) is 6.85. The third-order valence-electron chi connectivity index (χ3n) is 2.72. The number of aryl methyl sites for hydroxylation is 1. The van der Waals surface area contributed by atoms with Gasteiger partial charge in [-0.25, -0.2) is 18.1 Å². The van der Waals surface area contributed by atoms with Crippen LogP contribution in [0.4, 0.5) is 0 Å². The zero-order chi connectivity index (χ0) is 14.6. The maximum absolute atomic E-state index is 12.1. The maximum atomic E-state index is 12.1. The molecule has 20 heavy (non-hydrogen) atoms. The molecule has 0 radical (unpaired) electrons. The number of hydrogen-bond acceptors (Lipinski definition) is 5. The van der Waals surface area contributed by atoms with E-state index in [4.69, 9.17) is 0 Å². The van der Waals surface area contributed by atoms with Gasteiger partial charge in [0.15, 0.2) is 0 Å². The van der Waals surface area contributed by atoms with Crippen LogP contribution in [0.5, 0.6) is 0 Å². The molecule has 5 nitrogen and oxygen atoms in total. The summed E-state index contributed by atoms with van der Waals surface area (Å²) in [4.78, 5) is 5.28. The predicted molar refractivity (Wildman–Crippen MR) is 80.1 cm³/mol. The highest BCUT2D eigenvalue weighted by molar-refractivity contribution is 7.89. The minimum Gasteiger partial charge on any atom is -0.316 e. The molecule has 0 amide bonds. The van der Waals surface area contributed by atoms with E-state index in [1.807, 2.05) is 26.1 Å². The maximum Gasteiger partial charge on any atom is 0.240 e. The minimum absolute atomic E-state index is 0.270. The fraction of sp³-hybridized carbons (Fsp3) is 0.308. The zero-order valence-electron chi connectivity index (χ0n) is 11.4. The molecule has 0 unspecified atom stereocenters. The first-order valence-electron chi connectivity index (χ1n) is 6.16. The van der Waals surface area contributed by atoms with E-state index in [0.29, 0.717) is 6.54 Å². The second-order valence-electron chi connectivity index (χ2n) is 4.34. The SMILES string of the molecule is CNCc1ccc(S(=O)(=O)NCc2cnc(C)s2)cc1. The predicted octanol–water partition coefficient (Wildman–Crippen LogP) is 1.65. The summed E-state index contributed by atoms with van der Waals surface area (Å²) in [6.07, 6.45) is 1.69. The van der Waals surface area contributed by atoms with Crippen LogP contribution in [0, 0.1) is 6.92 Å². The molecule has 0 aliphatic heterocycles. The number of sulfonamides is 1. The summed E-state index contributed by atoms with van der Waals surface area (Å²) in [5.74, 6) is 0. The average Bonchev–Trinajstić information content (AvgIpc) is 2.84. The van der Waals surface area contributed by atoms with E-state index in [1.54, 1.807) is 18.3 Å². The van der Waals surface area contributed by atoms with Crippen LogP contribution in [0.15, 0.2) is 35.4 Å². The van der Waals surface area contributed by atoms with Crippen molar-refractivity contribution in [2.24, 2.45) is 0 Å². The fourth-order valence-corrected chi connectivity index (χ4v) is 3.56. The molecular formula is C13H17N3O2S2. The molecule has 0 saturated heterocycles. The number of aromatic nitrogens is 1. The second-order valence-corrected chi connectivity index (χ2v) is 7.43. The molecule has 0 spiro atoms. The molecule has 0 saturated carbocycles. The summed E-state index contributed by atoms with van der Waals surface area (Å²) in [5.41, 5.74) is 1.05. The number of rotatable bonds is 6. The summed E-state index contributed by atoms with van der Waals surface area (Å²) in [5, 5.41) is 3.95. The lowest BCUT2D eigenvalue weighted by molar-refractivity contribution is 0.581. The molecule has 2 rings (SSSR count). The van der Waals surface area contributed by atoms with Crippen molar-refractivity contribution < 1.29 is 8.42 Å². The molecule has 2 N–H and O–H groups in total. The van der Waals surface area contributed by atoms with Gasteiger partial charge >= 0.3 is 0 Å². The molecule has 7 heteroatoms. The highest BCUT2D eigenvalue weighted by Crippen LogP contribution is 2.14. The van der Waals surface area contributed by atoms with Gasteiger partial charge in [-0.2, -0.15) is 0 Å². The molecule has 1 heterocycles. The Hall–Kier alpha value is -1.28. The standard InChI is InChI=1S/C13H17N3O2S2/c1-10-15-8-12(19-10)9-16-20(17,18)13-5-3-11(4-6-13)7-14-2/h3-6,8,14,16H,7,9H2,1-2H3. The fourth-order valence-electron chi connectivity index (χ4n) is 1.73. The van der Waals surface area contributed by atoms with E-state index in [2.05, 4.69) is 15.0 Å². The van der Waals surface area contributed by atoms with Gasteiger partial charge in [0.1, 0.15) is 0 Å². The molecule has 1 aromatic carbocycles. The Morgan fingerprint density at radius 1 is 1.20 bits per heavy atom. The number of thiazole rings is 1. The molecule has 108 valence electrons. The van der Waals surface area contributed by atoms with Crippen LogP contribution in [-0.4, -0.2) is 20.4 Å². The van der Waals surface area contributed by atoms with Crippen LogP contribution in [0.3, 0.4) is 0 Å². The summed E-state index contributed by atoms with van der Waals surface area (Å²) in [7, 11) is -1.62. The van der Waals surface area contributed by atoms with Crippen molar-refractivity contribution in [1.29, 1.82) is 0 Å². The van der Waals surface area contributed by atoms with E-state index in [1.165, 1.54) is 11.3 Å². The Balaban J connectivity index is 2.05. The molecule has 0 aliphatic rings. The topological polar surface area (TPSA) is 71.1 Å². The Labute approximate surface area is 123 Å². The Bertz CT molecular complexity index is 663. The molecule has 0 bridgehead atoms. The number of nitrogens with zero attached hydrogens (tertiary/aromatic N) is 1. The van der Waals surface area contributed by atoms with Crippen molar-refractivity contribution in [3.63, 3.8) is 0 Å². The number of nitrogens with one attached hydrogen (secondary N) is 2. The van der Waals surface area contributed by atoms with Gasteiger partial charge < -0.3 is 5.32 Å². The van der Waals surface area contributed by atoms with Crippen LogP contribution in [-0.2, 0) is 23.1 Å². The second kappa shape index (κ2) is 6.45. The highest BCUT2D eigenvalue weighted by Gasteiger charge is 2.14. The normalized spacial score (nSPS) is 11.7. The third-order valence-corrected chi connectivity index (χ3v) is 5.05. The van der Waals surface area contributed by atoms with Gasteiger partial charge in [-0.1, -0.05) is 12.1 Å². The highest BCUT2D eigenvalue weighted by atomic mass is 32.2. The number of hydrogen-bond donors (Lipinski definition) is 2. The largest absolute Gasteiger partial charge is 0.316 e. The molecule has 0 aliphatic carbocycles. The smallest absolute Gasteiger partial charge is 0.240 e. The van der Waals surface area contributed by atoms with Crippen LogP contribution < -0.4 is 10.0 Å². The third kappa shape index (κ3) is 3.86. The zero-order valence-corrected chi connectivity index (χ0v) is 13.0. The van der Waals surface area contributed by atoms with Crippen LogP contribution in [0.2, 0.25) is 0 Å². The summed E-state index contributed by atoms with van der Waals surface area (Å²) < 4.78 is 26.9. The molecular weight excluding hydrogens is 294 g/mol. The summed E-state index contributed by atoms with van der Waals surface area (Å²) in [6.45, 7) is 2.88. The van der Waals surface area contributed by atoms with Gasteiger partial charge in [0.05, 0.1) is 9.90 Å². The van der Waals surface area contributed by atoms with Crippen LogP contribution >= 0.6 is 11.3 Å². The number of benzene rings is 1. The van der Waals surface area contributed by atoms with E-state index >= 15 is 0 Å². The molecule has 2 aromatic rings. The first-order valence-corrected chi connectivity index (χ1v) is 8.46. The van der Waals surface area contributed by atoms with Crippen molar-refractivity contribution >= 4 is 21.4 Å². The Morgan fingerprint density at radius 3 is 2.45 bits per heavy atom. The lowest BCUT2D eigenvalue weighted by atomic mass is 10.2. The lowest BCUT2D eigenvalue weighted by Crippen LogP contribution is -2.22. The van der Waals surface area contributed by atoms with E-state index in [0.717, 1.165) is 15.4 Å². The average molecular weight is 311 g/mol. The van der Waals surface area contributed by atoms with Gasteiger partial charge in [-0.3, -0.25) is 0 Å². The van der Waals surface area contributed by atoms with Crippen molar-refractivity contribution in [2.75, 3.05) is 7.05 Å². The Kier molecular flexibility index (Phi) is 4.87. The van der Waals surface area contributed by atoms with E-state index in [9.17, 15) is 8.42 Å². The van der Waals surface area contributed by atoms with Crippen molar-refractivity contribution in [1.82, 2.24) is 15.0 Å². The van der Waals surface area contributed by atoms with E-state index < -0.39 is 10.0 Å². The lowest BCUT2D eigenvalue weighted by Gasteiger charge is -2.06. The van der Waals surface area contributed by atoms with Crippen molar-refractivity contribution in [2.45, 2.75) is 24.9 Å². The minimum atomic E-state index is -3.47. The van der Waals surface area contributed by atoms with Crippen LogP contribution in [0.1, 0.15) is 15.4 Å². The molecule has 0 fully saturated rings. The van der Waals surface area contributed by atoms with Gasteiger partial charge in [-0.05, 0) is 31.7 Å². The van der Waals surface area contributed by atoms with Crippen molar-refractivity contribution in [3.8, 4) is 0 Å².